The maximum absolute atomic E-state index is 10.1. The van der Waals surface area contributed by atoms with Crippen molar-refractivity contribution in [2.75, 3.05) is 0 Å². The molecule has 2 aromatic rings. The zero-order valence-corrected chi connectivity index (χ0v) is 11.5. The van der Waals surface area contributed by atoms with Crippen molar-refractivity contribution in [2.45, 2.75) is 19.4 Å². The third-order valence-electron chi connectivity index (χ3n) is 2.34. The predicted molar refractivity (Wildman–Crippen MR) is 72.0 cm³/mol. The molecule has 0 saturated heterocycles. The summed E-state index contributed by atoms with van der Waals surface area (Å²) in [6, 6.07) is 5.08. The van der Waals surface area contributed by atoms with Crippen molar-refractivity contribution >= 4 is 34.5 Å². The van der Waals surface area contributed by atoms with Crippen LogP contribution in [0.4, 0.5) is 0 Å². The van der Waals surface area contributed by atoms with Gasteiger partial charge < -0.3 is 5.11 Å². The molecule has 0 amide bonds. The molecule has 1 heterocycles. The Labute approximate surface area is 114 Å². The molecule has 90 valence electrons. The number of rotatable bonds is 3. The summed E-state index contributed by atoms with van der Waals surface area (Å²) in [6.07, 6.45) is -0.159. The molecule has 0 fully saturated rings. The topological polar surface area (TPSA) is 33.1 Å². The van der Waals surface area contributed by atoms with Gasteiger partial charge in [-0.25, -0.2) is 4.98 Å². The quantitative estimate of drug-likeness (QED) is 0.924. The zero-order valence-electron chi connectivity index (χ0n) is 9.15. The van der Waals surface area contributed by atoms with Gasteiger partial charge in [0.2, 0.25) is 0 Å². The number of hydrogen-bond donors (Lipinski definition) is 1. The van der Waals surface area contributed by atoms with Gasteiger partial charge in [0, 0.05) is 21.8 Å². The van der Waals surface area contributed by atoms with Gasteiger partial charge in [-0.1, -0.05) is 23.2 Å². The standard InChI is InChI=1S/C12H11Cl2NOS/c1-7-15-11(6-17-7)5-12(16)8-2-9(13)4-10(14)3-8/h2-4,6,12,16H,5H2,1H3. The summed E-state index contributed by atoms with van der Waals surface area (Å²) >= 11 is 13.4. The van der Waals surface area contributed by atoms with Crippen molar-refractivity contribution in [1.82, 2.24) is 4.98 Å². The predicted octanol–water partition coefficient (Wildman–Crippen LogP) is 4.03. The van der Waals surface area contributed by atoms with Gasteiger partial charge in [0.05, 0.1) is 16.8 Å². The molecule has 1 atom stereocenters. The number of aliphatic hydroxyl groups is 1. The Morgan fingerprint density at radius 2 is 1.94 bits per heavy atom. The van der Waals surface area contributed by atoms with Crippen LogP contribution in [0.1, 0.15) is 22.4 Å². The summed E-state index contributed by atoms with van der Waals surface area (Å²) < 4.78 is 0. The molecule has 0 bridgehead atoms. The molecular formula is C12H11Cl2NOS. The first-order valence-electron chi connectivity index (χ1n) is 5.09. The number of aromatic nitrogens is 1. The Morgan fingerprint density at radius 1 is 1.29 bits per heavy atom. The number of thiazole rings is 1. The molecule has 2 nitrogen and oxygen atoms in total. The van der Waals surface area contributed by atoms with E-state index in [-0.39, 0.29) is 0 Å². The van der Waals surface area contributed by atoms with Gasteiger partial charge in [-0.05, 0) is 30.7 Å². The lowest BCUT2D eigenvalue weighted by Gasteiger charge is -2.10. The highest BCUT2D eigenvalue weighted by Crippen LogP contribution is 2.26. The second kappa shape index (κ2) is 5.36. The third-order valence-corrected chi connectivity index (χ3v) is 3.60. The van der Waals surface area contributed by atoms with Crippen LogP contribution in [-0.4, -0.2) is 10.1 Å². The second-order valence-corrected chi connectivity index (χ2v) is 5.72. The van der Waals surface area contributed by atoms with Crippen LogP contribution >= 0.6 is 34.5 Å². The summed E-state index contributed by atoms with van der Waals surface area (Å²) in [6.45, 7) is 1.94. The van der Waals surface area contributed by atoms with Gasteiger partial charge >= 0.3 is 0 Å². The van der Waals surface area contributed by atoms with Crippen molar-refractivity contribution in [2.24, 2.45) is 0 Å². The molecule has 1 aromatic heterocycles. The molecule has 1 N–H and O–H groups in total. The van der Waals surface area contributed by atoms with Gasteiger partial charge in [-0.3, -0.25) is 0 Å². The minimum Gasteiger partial charge on any atom is -0.388 e. The van der Waals surface area contributed by atoms with Crippen molar-refractivity contribution in [3.63, 3.8) is 0 Å². The Hall–Kier alpha value is -0.610. The molecule has 0 aliphatic carbocycles. The zero-order chi connectivity index (χ0) is 12.4. The molecule has 1 unspecified atom stereocenters. The molecule has 5 heteroatoms. The van der Waals surface area contributed by atoms with E-state index >= 15 is 0 Å². The molecule has 0 saturated carbocycles. The summed E-state index contributed by atoms with van der Waals surface area (Å²) in [4.78, 5) is 4.31. The van der Waals surface area contributed by atoms with Gasteiger partial charge in [0.15, 0.2) is 0 Å². The lowest BCUT2D eigenvalue weighted by molar-refractivity contribution is 0.177. The Kier molecular flexibility index (Phi) is 4.05. The number of hydrogen-bond acceptors (Lipinski definition) is 3. The van der Waals surface area contributed by atoms with Gasteiger partial charge in [-0.2, -0.15) is 0 Å². The SMILES string of the molecule is Cc1nc(CC(O)c2cc(Cl)cc(Cl)c2)cs1. The van der Waals surface area contributed by atoms with Crippen LogP contribution in [0.3, 0.4) is 0 Å². The van der Waals surface area contributed by atoms with E-state index < -0.39 is 6.10 Å². The van der Waals surface area contributed by atoms with Gasteiger partial charge in [0.25, 0.3) is 0 Å². The molecule has 2 rings (SSSR count). The van der Waals surface area contributed by atoms with Crippen LogP contribution in [0.2, 0.25) is 10.0 Å². The minimum atomic E-state index is -0.632. The molecular weight excluding hydrogens is 277 g/mol. The van der Waals surface area contributed by atoms with Crippen LogP contribution < -0.4 is 0 Å². The maximum atomic E-state index is 10.1. The largest absolute Gasteiger partial charge is 0.388 e. The molecule has 0 aliphatic rings. The molecule has 0 radical (unpaired) electrons. The van der Waals surface area contributed by atoms with Crippen LogP contribution in [0.25, 0.3) is 0 Å². The van der Waals surface area contributed by atoms with E-state index in [1.165, 1.54) is 0 Å². The van der Waals surface area contributed by atoms with Crippen LogP contribution in [-0.2, 0) is 6.42 Å². The van der Waals surface area contributed by atoms with Crippen LogP contribution in [0, 0.1) is 6.92 Å². The Morgan fingerprint density at radius 3 is 2.47 bits per heavy atom. The highest BCUT2D eigenvalue weighted by molar-refractivity contribution is 7.09. The van der Waals surface area contributed by atoms with E-state index in [0.29, 0.717) is 22.0 Å². The average Bonchev–Trinajstić information content (AvgIpc) is 2.62. The van der Waals surface area contributed by atoms with Gasteiger partial charge in [0.1, 0.15) is 0 Å². The van der Waals surface area contributed by atoms with E-state index in [2.05, 4.69) is 4.98 Å². The summed E-state index contributed by atoms with van der Waals surface area (Å²) in [5.41, 5.74) is 1.60. The van der Waals surface area contributed by atoms with Crippen molar-refractivity contribution in [3.8, 4) is 0 Å². The van der Waals surface area contributed by atoms with Crippen molar-refractivity contribution < 1.29 is 5.11 Å². The summed E-state index contributed by atoms with van der Waals surface area (Å²) in [5.74, 6) is 0. The Balaban J connectivity index is 2.16. The van der Waals surface area contributed by atoms with Gasteiger partial charge in [-0.15, -0.1) is 11.3 Å². The van der Waals surface area contributed by atoms with Crippen molar-refractivity contribution in [3.05, 3.63) is 49.9 Å². The number of halogens is 2. The highest BCUT2D eigenvalue weighted by Gasteiger charge is 2.12. The maximum Gasteiger partial charge on any atom is 0.0897 e. The lowest BCUT2D eigenvalue weighted by Crippen LogP contribution is -2.02. The summed E-state index contributed by atoms with van der Waals surface area (Å²) in [5, 5.41) is 14.1. The summed E-state index contributed by atoms with van der Waals surface area (Å²) in [7, 11) is 0. The second-order valence-electron chi connectivity index (χ2n) is 3.78. The fraction of sp³-hybridized carbons (Fsp3) is 0.250. The number of nitrogens with zero attached hydrogens (tertiary/aromatic N) is 1. The molecule has 0 spiro atoms. The van der Waals surface area contributed by atoms with E-state index in [1.807, 2.05) is 12.3 Å². The normalized spacial score (nSPS) is 12.7. The number of benzene rings is 1. The van der Waals surface area contributed by atoms with Crippen molar-refractivity contribution in [1.29, 1.82) is 0 Å². The molecule has 0 aliphatic heterocycles. The number of aryl methyl sites for hydroxylation is 1. The monoisotopic (exact) mass is 287 g/mol. The van der Waals surface area contributed by atoms with E-state index in [4.69, 9.17) is 23.2 Å². The van der Waals surface area contributed by atoms with E-state index in [1.54, 1.807) is 29.5 Å². The van der Waals surface area contributed by atoms with Crippen LogP contribution in [0.5, 0.6) is 0 Å². The molecule has 1 aromatic carbocycles. The van der Waals surface area contributed by atoms with Crippen LogP contribution in [0.15, 0.2) is 23.6 Å². The smallest absolute Gasteiger partial charge is 0.0897 e. The first kappa shape index (κ1) is 12.8. The fourth-order valence-corrected chi connectivity index (χ4v) is 2.75. The average molecular weight is 288 g/mol. The van der Waals surface area contributed by atoms with E-state index in [9.17, 15) is 5.11 Å². The molecule has 17 heavy (non-hydrogen) atoms. The Bertz CT molecular complexity index is 507. The minimum absolute atomic E-state index is 0.473. The fourth-order valence-electron chi connectivity index (χ4n) is 1.59. The third kappa shape index (κ3) is 3.42. The first-order chi connectivity index (χ1) is 8.04. The number of aliphatic hydroxyl groups excluding tert-OH is 1. The first-order valence-corrected chi connectivity index (χ1v) is 6.73. The highest BCUT2D eigenvalue weighted by atomic mass is 35.5. The van der Waals surface area contributed by atoms with E-state index in [0.717, 1.165) is 10.7 Å². The lowest BCUT2D eigenvalue weighted by atomic mass is 10.1.